The second-order valence-electron chi connectivity index (χ2n) is 4.87. The molecule has 11 nitrogen and oxygen atoms in total. The van der Waals surface area contributed by atoms with Gasteiger partial charge < -0.3 is 30.5 Å². The summed E-state index contributed by atoms with van der Waals surface area (Å²) in [5.41, 5.74) is 5.02. The molecule has 1 saturated heterocycles. The molecule has 2 aromatic heterocycles. The van der Waals surface area contributed by atoms with E-state index in [0.717, 1.165) is 0 Å². The number of H-pyrrole nitrogens is 1. The number of aliphatic hydroxyl groups excluding tert-OH is 2. The molecule has 0 bridgehead atoms. The maximum Gasteiger partial charge on any atom is 0.280 e. The van der Waals surface area contributed by atoms with E-state index in [1.807, 2.05) is 0 Å². The van der Waals surface area contributed by atoms with Gasteiger partial charge in [0.15, 0.2) is 23.5 Å². The fourth-order valence-electron chi connectivity index (χ4n) is 2.51. The summed E-state index contributed by atoms with van der Waals surface area (Å²) in [6.07, 6.45) is -2.68. The fourth-order valence-corrected chi connectivity index (χ4v) is 2.51. The topological polar surface area (TPSA) is 169 Å². The minimum absolute atomic E-state index is 0.00148. The number of ether oxygens (including phenoxy) is 2. The lowest BCUT2D eigenvalue weighted by Gasteiger charge is -2.28. The molecule has 22 heavy (non-hydrogen) atoms. The number of methoxy groups -OCH3 is 1. The molecule has 1 fully saturated rings. The predicted molar refractivity (Wildman–Crippen MR) is 71.5 cm³/mol. The van der Waals surface area contributed by atoms with Gasteiger partial charge in [-0.05, 0) is 0 Å². The Kier molecular flexibility index (Phi) is 3.38. The molecule has 4 atom stereocenters. The third-order valence-corrected chi connectivity index (χ3v) is 3.68. The lowest BCUT2D eigenvalue weighted by atomic mass is 10.1. The van der Waals surface area contributed by atoms with Gasteiger partial charge in [0.1, 0.15) is 6.10 Å². The van der Waals surface area contributed by atoms with E-state index < -0.39 is 36.4 Å². The van der Waals surface area contributed by atoms with Gasteiger partial charge in [0.05, 0.1) is 12.9 Å². The zero-order chi connectivity index (χ0) is 16.1. The van der Waals surface area contributed by atoms with Gasteiger partial charge in [-0.2, -0.15) is 4.98 Å². The van der Waals surface area contributed by atoms with Crippen molar-refractivity contribution in [1.82, 2.24) is 19.5 Å². The largest absolute Gasteiger partial charge is 0.393 e. The summed E-state index contributed by atoms with van der Waals surface area (Å²) in [5, 5.41) is 29.8. The highest BCUT2D eigenvalue weighted by molar-refractivity contribution is 5.70. The third-order valence-electron chi connectivity index (χ3n) is 3.68. The molecular formula is C11H15N5O6. The summed E-state index contributed by atoms with van der Waals surface area (Å²) in [5.74, 6) is -2.24. The number of hydrogen-bond donors (Lipinski definition) is 5. The molecule has 0 saturated carbocycles. The van der Waals surface area contributed by atoms with Crippen LogP contribution < -0.4 is 11.3 Å². The number of nitrogens with one attached hydrogen (secondary N) is 1. The van der Waals surface area contributed by atoms with Crippen LogP contribution in [0.4, 0.5) is 5.95 Å². The van der Waals surface area contributed by atoms with Crippen molar-refractivity contribution >= 4 is 17.1 Å². The number of aromatic nitrogens is 4. The van der Waals surface area contributed by atoms with E-state index in [1.54, 1.807) is 0 Å². The average molecular weight is 313 g/mol. The van der Waals surface area contributed by atoms with Crippen LogP contribution >= 0.6 is 0 Å². The molecule has 3 rings (SSSR count). The molecular weight excluding hydrogens is 298 g/mol. The van der Waals surface area contributed by atoms with Gasteiger partial charge in [0, 0.05) is 7.11 Å². The molecule has 0 aliphatic carbocycles. The number of anilines is 1. The van der Waals surface area contributed by atoms with E-state index in [9.17, 15) is 20.1 Å². The number of nitrogen functional groups attached to an aromatic ring is 1. The van der Waals surface area contributed by atoms with Crippen LogP contribution in [0.3, 0.4) is 0 Å². The van der Waals surface area contributed by atoms with Crippen LogP contribution in [-0.4, -0.2) is 66.6 Å². The van der Waals surface area contributed by atoms with E-state index in [1.165, 1.54) is 18.0 Å². The normalized spacial score (nSPS) is 31.9. The van der Waals surface area contributed by atoms with Crippen molar-refractivity contribution in [3.63, 3.8) is 0 Å². The lowest BCUT2D eigenvalue weighted by Crippen LogP contribution is -2.50. The molecule has 0 aromatic carbocycles. The van der Waals surface area contributed by atoms with Crippen LogP contribution in [0.15, 0.2) is 11.1 Å². The lowest BCUT2D eigenvalue weighted by molar-refractivity contribution is -0.252. The number of rotatable bonds is 3. The first-order chi connectivity index (χ1) is 10.4. The van der Waals surface area contributed by atoms with E-state index in [4.69, 9.17) is 15.2 Å². The Hall–Kier alpha value is -2.05. The number of aromatic amines is 1. The fraction of sp³-hybridized carbons (Fsp3) is 0.545. The standard InChI is InChI=1S/C11H15N5O6/c1-21-11(20)4(2-17)22-9(6(11)18)16-3-13-5-7(16)14-10(12)15-8(5)19/h3-4,6,9,17-18,20H,2H2,1H3,(H3,12,14,15,19)/t4-,6+,9-,11+/m1/s1. The van der Waals surface area contributed by atoms with Crippen molar-refractivity contribution in [3.05, 3.63) is 16.7 Å². The number of nitrogens with two attached hydrogens (primary N) is 1. The van der Waals surface area contributed by atoms with Crippen molar-refractivity contribution in [2.75, 3.05) is 19.5 Å². The SMILES string of the molecule is CO[C@@]1(O)[C@@H](CO)O[C@@H](n2cnc3c(=O)[nH]c(N)nc32)[C@@H]1O. The van der Waals surface area contributed by atoms with Crippen molar-refractivity contribution in [2.45, 2.75) is 24.2 Å². The monoisotopic (exact) mass is 313 g/mol. The predicted octanol–water partition coefficient (Wildman–Crippen LogP) is -2.71. The summed E-state index contributed by atoms with van der Waals surface area (Å²) < 4.78 is 11.5. The Morgan fingerprint density at radius 1 is 1.64 bits per heavy atom. The Balaban J connectivity index is 2.11. The number of imidazole rings is 1. The van der Waals surface area contributed by atoms with E-state index in [-0.39, 0.29) is 17.1 Å². The first-order valence-electron chi connectivity index (χ1n) is 6.36. The molecule has 1 aliphatic heterocycles. The molecule has 0 amide bonds. The molecule has 6 N–H and O–H groups in total. The van der Waals surface area contributed by atoms with Gasteiger partial charge in [-0.25, -0.2) is 4.98 Å². The minimum atomic E-state index is -2.11. The quantitative estimate of drug-likeness (QED) is 0.378. The van der Waals surface area contributed by atoms with Crippen molar-refractivity contribution < 1.29 is 24.8 Å². The van der Waals surface area contributed by atoms with Gasteiger partial charge in [-0.1, -0.05) is 0 Å². The van der Waals surface area contributed by atoms with Crippen LogP contribution in [-0.2, 0) is 9.47 Å². The Labute approximate surface area is 122 Å². The number of aliphatic hydroxyl groups is 3. The molecule has 1 aliphatic rings. The van der Waals surface area contributed by atoms with Gasteiger partial charge in [0.25, 0.3) is 5.56 Å². The van der Waals surface area contributed by atoms with Gasteiger partial charge >= 0.3 is 0 Å². The summed E-state index contributed by atoms with van der Waals surface area (Å²) in [6, 6.07) is 0. The second kappa shape index (κ2) is 5.00. The third kappa shape index (κ3) is 1.91. The summed E-state index contributed by atoms with van der Waals surface area (Å²) in [6.45, 7) is -0.583. The minimum Gasteiger partial charge on any atom is -0.393 e. The Morgan fingerprint density at radius 2 is 2.36 bits per heavy atom. The van der Waals surface area contributed by atoms with E-state index >= 15 is 0 Å². The summed E-state index contributed by atoms with van der Waals surface area (Å²) in [4.78, 5) is 21.9. The van der Waals surface area contributed by atoms with Crippen molar-refractivity contribution in [1.29, 1.82) is 0 Å². The van der Waals surface area contributed by atoms with Crippen LogP contribution in [0.2, 0.25) is 0 Å². The number of nitrogens with zero attached hydrogens (tertiary/aromatic N) is 3. The van der Waals surface area contributed by atoms with Gasteiger partial charge in [0.2, 0.25) is 11.7 Å². The maximum atomic E-state index is 11.7. The molecule has 0 radical (unpaired) electrons. The van der Waals surface area contributed by atoms with Crippen LogP contribution in [0.25, 0.3) is 11.2 Å². The average Bonchev–Trinajstić information content (AvgIpc) is 3.00. The zero-order valence-electron chi connectivity index (χ0n) is 11.5. The Bertz CT molecular complexity index is 759. The van der Waals surface area contributed by atoms with Crippen LogP contribution in [0, 0.1) is 0 Å². The van der Waals surface area contributed by atoms with Crippen molar-refractivity contribution in [3.8, 4) is 0 Å². The summed E-state index contributed by atoms with van der Waals surface area (Å²) >= 11 is 0. The van der Waals surface area contributed by atoms with Crippen LogP contribution in [0.1, 0.15) is 6.23 Å². The van der Waals surface area contributed by atoms with Crippen molar-refractivity contribution in [2.24, 2.45) is 0 Å². The molecule has 0 spiro atoms. The van der Waals surface area contributed by atoms with Crippen LogP contribution in [0.5, 0.6) is 0 Å². The molecule has 2 aromatic rings. The zero-order valence-corrected chi connectivity index (χ0v) is 11.5. The smallest absolute Gasteiger partial charge is 0.280 e. The number of fused-ring (bicyclic) bond motifs is 1. The number of hydrogen-bond acceptors (Lipinski definition) is 9. The first kappa shape index (κ1) is 14.9. The van der Waals surface area contributed by atoms with Gasteiger partial charge in [-0.15, -0.1) is 0 Å². The maximum absolute atomic E-state index is 11.7. The molecule has 120 valence electrons. The summed E-state index contributed by atoms with van der Waals surface area (Å²) in [7, 11) is 1.17. The first-order valence-corrected chi connectivity index (χ1v) is 6.36. The van der Waals surface area contributed by atoms with E-state index in [0.29, 0.717) is 0 Å². The molecule has 11 heteroatoms. The highest BCUT2D eigenvalue weighted by Gasteiger charge is 2.57. The highest BCUT2D eigenvalue weighted by atomic mass is 16.7. The van der Waals surface area contributed by atoms with E-state index in [2.05, 4.69) is 15.0 Å². The highest BCUT2D eigenvalue weighted by Crippen LogP contribution is 2.38. The second-order valence-corrected chi connectivity index (χ2v) is 4.87. The Morgan fingerprint density at radius 3 is 2.95 bits per heavy atom. The van der Waals surface area contributed by atoms with Gasteiger partial charge in [-0.3, -0.25) is 14.3 Å². The molecule has 0 unspecified atom stereocenters. The molecule has 3 heterocycles.